The van der Waals surface area contributed by atoms with Crippen LogP contribution in [0.15, 0.2) is 30.7 Å². The number of pyridine rings is 1. The zero-order valence-corrected chi connectivity index (χ0v) is 10.4. The molecule has 86 valence electrons. The Hall–Kier alpha value is -1.68. The summed E-state index contributed by atoms with van der Waals surface area (Å²) in [6.45, 7) is 2.20. The Morgan fingerprint density at radius 1 is 1.29 bits per heavy atom. The van der Waals surface area contributed by atoms with E-state index in [0.717, 1.165) is 29.1 Å². The van der Waals surface area contributed by atoms with Gasteiger partial charge in [-0.15, -0.1) is 11.3 Å². The monoisotopic (exact) mass is 243 g/mol. The Morgan fingerprint density at radius 2 is 2.24 bits per heavy atom. The van der Waals surface area contributed by atoms with Crippen LogP contribution in [0.3, 0.4) is 0 Å². The van der Waals surface area contributed by atoms with E-state index in [1.165, 1.54) is 10.3 Å². The molecule has 3 heterocycles. The van der Waals surface area contributed by atoms with Gasteiger partial charge in [0.1, 0.15) is 5.82 Å². The van der Waals surface area contributed by atoms with Crippen molar-refractivity contribution >= 4 is 21.6 Å². The fourth-order valence-electron chi connectivity index (χ4n) is 1.97. The molecule has 0 saturated carbocycles. The molecule has 17 heavy (non-hydrogen) atoms. The molecule has 3 nitrogen and oxygen atoms in total. The third-order valence-corrected chi connectivity index (χ3v) is 3.95. The number of imidazole rings is 1. The van der Waals surface area contributed by atoms with E-state index in [9.17, 15) is 0 Å². The smallest absolute Gasteiger partial charge is 0.147 e. The molecule has 0 aliphatic carbocycles. The van der Waals surface area contributed by atoms with Crippen molar-refractivity contribution in [2.45, 2.75) is 19.8 Å². The Labute approximate surface area is 104 Å². The van der Waals surface area contributed by atoms with Gasteiger partial charge in [0, 0.05) is 18.6 Å². The summed E-state index contributed by atoms with van der Waals surface area (Å²) in [4.78, 5) is 13.0. The number of fused-ring (bicyclic) bond motifs is 1. The van der Waals surface area contributed by atoms with Crippen molar-refractivity contribution in [3.05, 3.63) is 36.3 Å². The summed E-state index contributed by atoms with van der Waals surface area (Å²) in [5.41, 5.74) is 2.47. The highest BCUT2D eigenvalue weighted by Crippen LogP contribution is 2.33. The van der Waals surface area contributed by atoms with E-state index in [4.69, 9.17) is 0 Å². The van der Waals surface area contributed by atoms with Gasteiger partial charge in [0.2, 0.25) is 0 Å². The van der Waals surface area contributed by atoms with Crippen LogP contribution in [-0.4, -0.2) is 15.0 Å². The largest absolute Gasteiger partial charge is 0.344 e. The molecule has 1 N–H and O–H groups in total. The molecule has 0 radical (unpaired) electrons. The lowest BCUT2D eigenvalue weighted by Gasteiger charge is -1.98. The summed E-state index contributed by atoms with van der Waals surface area (Å²) in [6.07, 6.45) is 7.79. The normalized spacial score (nSPS) is 11.1. The van der Waals surface area contributed by atoms with Crippen molar-refractivity contribution in [1.82, 2.24) is 15.0 Å². The van der Waals surface area contributed by atoms with Crippen LogP contribution in [-0.2, 0) is 6.42 Å². The number of thiophene rings is 1. The van der Waals surface area contributed by atoms with Crippen molar-refractivity contribution in [3.8, 4) is 10.7 Å². The molecule has 3 aromatic rings. The van der Waals surface area contributed by atoms with E-state index in [0.29, 0.717) is 0 Å². The molecule has 0 atom stereocenters. The number of aromatic amines is 1. The van der Waals surface area contributed by atoms with Crippen LogP contribution in [0.5, 0.6) is 0 Å². The van der Waals surface area contributed by atoms with Crippen molar-refractivity contribution in [2.75, 3.05) is 0 Å². The summed E-state index contributed by atoms with van der Waals surface area (Å²) in [7, 11) is 0. The third kappa shape index (κ3) is 1.85. The van der Waals surface area contributed by atoms with Gasteiger partial charge in [-0.25, -0.2) is 4.98 Å². The highest BCUT2D eigenvalue weighted by Gasteiger charge is 2.09. The first-order valence-electron chi connectivity index (χ1n) is 5.75. The number of nitrogens with one attached hydrogen (secondary N) is 1. The molecule has 0 fully saturated rings. The average molecular weight is 243 g/mol. The number of rotatable bonds is 3. The maximum absolute atomic E-state index is 4.42. The second-order valence-corrected chi connectivity index (χ2v) is 5.04. The zero-order chi connectivity index (χ0) is 11.7. The van der Waals surface area contributed by atoms with Gasteiger partial charge < -0.3 is 4.98 Å². The molecule has 0 spiro atoms. The van der Waals surface area contributed by atoms with E-state index in [1.807, 2.05) is 12.4 Å². The van der Waals surface area contributed by atoms with Gasteiger partial charge >= 0.3 is 0 Å². The molecule has 0 bridgehead atoms. The average Bonchev–Trinajstić information content (AvgIpc) is 2.98. The predicted molar refractivity (Wildman–Crippen MR) is 71.2 cm³/mol. The van der Waals surface area contributed by atoms with Crippen molar-refractivity contribution < 1.29 is 0 Å². The summed E-state index contributed by atoms with van der Waals surface area (Å²) >= 11 is 1.77. The maximum atomic E-state index is 4.42. The second-order valence-electron chi connectivity index (χ2n) is 3.98. The van der Waals surface area contributed by atoms with Crippen LogP contribution in [0, 0.1) is 0 Å². The number of hydrogen-bond acceptors (Lipinski definition) is 3. The fraction of sp³-hybridized carbons (Fsp3) is 0.231. The van der Waals surface area contributed by atoms with Crippen LogP contribution < -0.4 is 0 Å². The SMILES string of the molecule is CCCc1ccnc2cc(-c3ncc[nH]3)sc12. The summed E-state index contributed by atoms with van der Waals surface area (Å²) < 4.78 is 1.29. The first-order chi connectivity index (χ1) is 8.38. The van der Waals surface area contributed by atoms with Gasteiger partial charge in [-0.1, -0.05) is 13.3 Å². The number of nitrogens with zero attached hydrogens (tertiary/aromatic N) is 2. The first-order valence-corrected chi connectivity index (χ1v) is 6.57. The van der Waals surface area contributed by atoms with Gasteiger partial charge in [0.15, 0.2) is 0 Å². The van der Waals surface area contributed by atoms with Crippen LogP contribution in [0.25, 0.3) is 20.9 Å². The lowest BCUT2D eigenvalue weighted by molar-refractivity contribution is 0.929. The number of aromatic nitrogens is 3. The molecule has 0 aliphatic heterocycles. The lowest BCUT2D eigenvalue weighted by atomic mass is 10.1. The van der Waals surface area contributed by atoms with Crippen molar-refractivity contribution in [1.29, 1.82) is 0 Å². The number of H-pyrrole nitrogens is 1. The molecule has 0 amide bonds. The van der Waals surface area contributed by atoms with E-state index < -0.39 is 0 Å². The van der Waals surface area contributed by atoms with Crippen LogP contribution in [0.2, 0.25) is 0 Å². The van der Waals surface area contributed by atoms with Crippen LogP contribution >= 0.6 is 11.3 Å². The molecule has 3 aromatic heterocycles. The van der Waals surface area contributed by atoms with Gasteiger partial charge in [0.05, 0.1) is 15.1 Å². The fourth-order valence-corrected chi connectivity index (χ4v) is 3.09. The predicted octanol–water partition coefficient (Wildman–Crippen LogP) is 3.64. The summed E-state index contributed by atoms with van der Waals surface area (Å²) in [5, 5.41) is 0. The van der Waals surface area contributed by atoms with Gasteiger partial charge in [-0.3, -0.25) is 4.98 Å². The minimum Gasteiger partial charge on any atom is -0.344 e. The van der Waals surface area contributed by atoms with Crippen LogP contribution in [0.4, 0.5) is 0 Å². The third-order valence-electron chi connectivity index (χ3n) is 2.74. The molecule has 0 aliphatic rings. The highest BCUT2D eigenvalue weighted by atomic mass is 32.1. The molecule has 0 saturated heterocycles. The minimum atomic E-state index is 0.926. The molecular weight excluding hydrogens is 230 g/mol. The number of hydrogen-bond donors (Lipinski definition) is 1. The Morgan fingerprint density at radius 3 is 3.00 bits per heavy atom. The van der Waals surface area contributed by atoms with E-state index in [-0.39, 0.29) is 0 Å². The molecule has 3 rings (SSSR count). The Balaban J connectivity index is 2.15. The molecule has 0 unspecified atom stereocenters. The minimum absolute atomic E-state index is 0.926. The van der Waals surface area contributed by atoms with E-state index in [1.54, 1.807) is 17.5 Å². The lowest BCUT2D eigenvalue weighted by Crippen LogP contribution is -1.83. The zero-order valence-electron chi connectivity index (χ0n) is 9.60. The Bertz CT molecular complexity index is 625. The van der Waals surface area contributed by atoms with Crippen molar-refractivity contribution in [3.63, 3.8) is 0 Å². The molecule has 4 heteroatoms. The quantitative estimate of drug-likeness (QED) is 0.763. The maximum Gasteiger partial charge on any atom is 0.147 e. The second kappa shape index (κ2) is 4.30. The van der Waals surface area contributed by atoms with Gasteiger partial charge in [0.25, 0.3) is 0 Å². The van der Waals surface area contributed by atoms with Gasteiger partial charge in [-0.2, -0.15) is 0 Å². The van der Waals surface area contributed by atoms with Crippen molar-refractivity contribution in [2.24, 2.45) is 0 Å². The standard InChI is InChI=1S/C13H13N3S/c1-2-3-9-4-5-14-10-8-11(17-12(9)10)13-15-6-7-16-13/h4-8H,2-3H2,1H3,(H,15,16). The topological polar surface area (TPSA) is 41.6 Å². The summed E-state index contributed by atoms with van der Waals surface area (Å²) in [6, 6.07) is 4.23. The first kappa shape index (κ1) is 10.5. The summed E-state index contributed by atoms with van der Waals surface area (Å²) in [5.74, 6) is 0.926. The Kier molecular flexibility index (Phi) is 2.65. The number of aryl methyl sites for hydroxylation is 1. The van der Waals surface area contributed by atoms with E-state index >= 15 is 0 Å². The molecular formula is C13H13N3S. The van der Waals surface area contributed by atoms with Gasteiger partial charge in [-0.05, 0) is 24.1 Å². The van der Waals surface area contributed by atoms with Crippen LogP contribution in [0.1, 0.15) is 18.9 Å². The highest BCUT2D eigenvalue weighted by molar-refractivity contribution is 7.22. The van der Waals surface area contributed by atoms with E-state index in [2.05, 4.69) is 34.0 Å². The molecule has 0 aromatic carbocycles.